The molecule has 0 aromatic carbocycles. The van der Waals surface area contributed by atoms with Crippen LogP contribution in [0.4, 0.5) is 0 Å². The van der Waals surface area contributed by atoms with Gasteiger partial charge in [0.25, 0.3) is 0 Å². The number of hydrogen-bond donors (Lipinski definition) is 2. The van der Waals surface area contributed by atoms with Crippen LogP contribution < -0.4 is 11.1 Å². The van der Waals surface area contributed by atoms with Gasteiger partial charge in [0.15, 0.2) is 0 Å². The van der Waals surface area contributed by atoms with Crippen LogP contribution in [-0.2, 0) is 11.3 Å². The molecule has 0 saturated heterocycles. The van der Waals surface area contributed by atoms with E-state index in [0.717, 1.165) is 5.56 Å². The number of carbonyl (C=O) groups is 1. The third-order valence-corrected chi connectivity index (χ3v) is 1.79. The van der Waals surface area contributed by atoms with Gasteiger partial charge >= 0.3 is 0 Å². The second-order valence-electron chi connectivity index (χ2n) is 2.86. The molecule has 0 fully saturated rings. The van der Waals surface area contributed by atoms with Gasteiger partial charge in [-0.2, -0.15) is 0 Å². The van der Waals surface area contributed by atoms with Crippen LogP contribution in [0.5, 0.6) is 0 Å². The number of hydrogen-bond acceptors (Lipinski definition) is 3. The van der Waals surface area contributed by atoms with Gasteiger partial charge in [0, 0.05) is 18.9 Å². The van der Waals surface area contributed by atoms with Crippen LogP contribution in [0.3, 0.4) is 0 Å². The molecule has 1 atom stereocenters. The van der Waals surface area contributed by atoms with Crippen LogP contribution in [0.15, 0.2) is 24.5 Å². The van der Waals surface area contributed by atoms with Crippen LogP contribution >= 0.6 is 24.8 Å². The zero-order chi connectivity index (χ0) is 9.68. The quantitative estimate of drug-likeness (QED) is 0.836. The highest BCUT2D eigenvalue weighted by Crippen LogP contribution is 1.95. The first kappa shape index (κ1) is 16.6. The number of amides is 1. The fourth-order valence-electron chi connectivity index (χ4n) is 0.872. The summed E-state index contributed by atoms with van der Waals surface area (Å²) in [5, 5.41) is 3.00. The standard InChI is InChI=1S/C9H13N3O.2ClH/c1-7(9(10)13)12-6-8-2-4-11-5-3-8;;/h2-5,7,12H,6H2,1H3,(H2,10,13);2*1H/t7-;;/m0../s1. The topological polar surface area (TPSA) is 68.0 Å². The van der Waals surface area contributed by atoms with Crippen LogP contribution in [-0.4, -0.2) is 16.9 Å². The minimum Gasteiger partial charge on any atom is -0.368 e. The van der Waals surface area contributed by atoms with E-state index in [1.807, 2.05) is 12.1 Å². The Morgan fingerprint density at radius 1 is 1.47 bits per heavy atom. The molecule has 0 saturated carbocycles. The molecule has 0 radical (unpaired) electrons. The van der Waals surface area contributed by atoms with Crippen molar-refractivity contribution in [3.63, 3.8) is 0 Å². The molecule has 0 aliphatic carbocycles. The molecule has 1 amide bonds. The molecule has 15 heavy (non-hydrogen) atoms. The minimum absolute atomic E-state index is 0. The molecule has 0 spiro atoms. The number of primary amides is 1. The Labute approximate surface area is 101 Å². The van der Waals surface area contributed by atoms with E-state index in [9.17, 15) is 4.79 Å². The normalized spacial score (nSPS) is 10.7. The van der Waals surface area contributed by atoms with Crippen molar-refractivity contribution in [3.05, 3.63) is 30.1 Å². The summed E-state index contributed by atoms with van der Waals surface area (Å²) in [5.74, 6) is -0.339. The largest absolute Gasteiger partial charge is 0.368 e. The van der Waals surface area contributed by atoms with Crippen molar-refractivity contribution in [3.8, 4) is 0 Å². The van der Waals surface area contributed by atoms with Crippen molar-refractivity contribution >= 4 is 30.7 Å². The van der Waals surface area contributed by atoms with Gasteiger partial charge in [0.05, 0.1) is 6.04 Å². The predicted molar refractivity (Wildman–Crippen MR) is 64.2 cm³/mol. The first-order chi connectivity index (χ1) is 6.20. The SMILES string of the molecule is C[C@H](NCc1ccncc1)C(N)=O.Cl.Cl. The summed E-state index contributed by atoms with van der Waals surface area (Å²) >= 11 is 0. The summed E-state index contributed by atoms with van der Waals surface area (Å²) in [7, 11) is 0. The molecule has 1 rings (SSSR count). The highest BCUT2D eigenvalue weighted by atomic mass is 35.5. The van der Waals surface area contributed by atoms with Crippen molar-refractivity contribution in [1.82, 2.24) is 10.3 Å². The van der Waals surface area contributed by atoms with Crippen molar-refractivity contribution in [2.75, 3.05) is 0 Å². The third kappa shape index (κ3) is 6.28. The zero-order valence-electron chi connectivity index (χ0n) is 8.34. The van der Waals surface area contributed by atoms with E-state index in [1.165, 1.54) is 0 Å². The van der Waals surface area contributed by atoms with E-state index < -0.39 is 0 Å². The molecule has 0 aliphatic heterocycles. The molecule has 6 heteroatoms. The first-order valence-corrected chi connectivity index (χ1v) is 4.12. The minimum atomic E-state index is -0.339. The smallest absolute Gasteiger partial charge is 0.234 e. The number of halogens is 2. The number of pyridine rings is 1. The second-order valence-corrected chi connectivity index (χ2v) is 2.86. The van der Waals surface area contributed by atoms with E-state index in [1.54, 1.807) is 19.3 Å². The van der Waals surface area contributed by atoms with Crippen LogP contribution in [0.25, 0.3) is 0 Å². The van der Waals surface area contributed by atoms with Gasteiger partial charge in [0.2, 0.25) is 5.91 Å². The van der Waals surface area contributed by atoms with Gasteiger partial charge in [-0.3, -0.25) is 9.78 Å². The second kappa shape index (κ2) is 8.47. The Morgan fingerprint density at radius 2 is 2.00 bits per heavy atom. The molecule has 86 valence electrons. The van der Waals surface area contributed by atoms with Gasteiger partial charge in [-0.15, -0.1) is 24.8 Å². The zero-order valence-corrected chi connectivity index (χ0v) is 9.98. The number of carbonyl (C=O) groups excluding carboxylic acids is 1. The van der Waals surface area contributed by atoms with Crippen molar-refractivity contribution < 1.29 is 4.79 Å². The van der Waals surface area contributed by atoms with E-state index in [0.29, 0.717) is 6.54 Å². The lowest BCUT2D eigenvalue weighted by molar-refractivity contribution is -0.119. The number of nitrogens with one attached hydrogen (secondary N) is 1. The molecule has 0 bridgehead atoms. The highest BCUT2D eigenvalue weighted by molar-refractivity contribution is 5.85. The molecule has 1 heterocycles. The summed E-state index contributed by atoms with van der Waals surface area (Å²) in [6.07, 6.45) is 3.43. The molecular formula is C9H15Cl2N3O. The Bertz CT molecular complexity index is 282. The maximum absolute atomic E-state index is 10.7. The molecule has 1 aromatic heterocycles. The Hall–Kier alpha value is -0.840. The summed E-state index contributed by atoms with van der Waals surface area (Å²) in [6.45, 7) is 2.37. The van der Waals surface area contributed by atoms with E-state index >= 15 is 0 Å². The van der Waals surface area contributed by atoms with Crippen LogP contribution in [0, 0.1) is 0 Å². The Kier molecular flexibility index (Phi) is 9.36. The lowest BCUT2D eigenvalue weighted by Crippen LogP contribution is -2.38. The monoisotopic (exact) mass is 251 g/mol. The summed E-state index contributed by atoms with van der Waals surface area (Å²) in [4.78, 5) is 14.6. The van der Waals surface area contributed by atoms with E-state index in [-0.39, 0.29) is 36.8 Å². The molecule has 4 nitrogen and oxygen atoms in total. The van der Waals surface area contributed by atoms with E-state index in [2.05, 4.69) is 10.3 Å². The lowest BCUT2D eigenvalue weighted by atomic mass is 10.2. The van der Waals surface area contributed by atoms with Gasteiger partial charge < -0.3 is 11.1 Å². The third-order valence-electron chi connectivity index (χ3n) is 1.79. The highest BCUT2D eigenvalue weighted by Gasteiger charge is 2.06. The van der Waals surface area contributed by atoms with E-state index in [4.69, 9.17) is 5.73 Å². The average molecular weight is 252 g/mol. The Morgan fingerprint density at radius 3 is 2.47 bits per heavy atom. The molecule has 0 unspecified atom stereocenters. The summed E-state index contributed by atoms with van der Waals surface area (Å²) < 4.78 is 0. The predicted octanol–water partition coefficient (Wildman–Crippen LogP) is 0.889. The maximum atomic E-state index is 10.7. The average Bonchev–Trinajstić information content (AvgIpc) is 2.15. The number of aromatic nitrogens is 1. The van der Waals surface area contributed by atoms with Crippen LogP contribution in [0.2, 0.25) is 0 Å². The summed E-state index contributed by atoms with van der Waals surface area (Å²) in [6, 6.07) is 3.48. The maximum Gasteiger partial charge on any atom is 0.234 e. The molecule has 3 N–H and O–H groups in total. The van der Waals surface area contributed by atoms with Crippen molar-refractivity contribution in [2.24, 2.45) is 5.73 Å². The Balaban J connectivity index is 0. The van der Waals surface area contributed by atoms with Gasteiger partial charge in [-0.1, -0.05) is 0 Å². The van der Waals surface area contributed by atoms with Gasteiger partial charge in [0.1, 0.15) is 0 Å². The fraction of sp³-hybridized carbons (Fsp3) is 0.333. The van der Waals surface area contributed by atoms with Gasteiger partial charge in [-0.25, -0.2) is 0 Å². The number of rotatable bonds is 4. The number of nitrogens with zero attached hydrogens (tertiary/aromatic N) is 1. The van der Waals surface area contributed by atoms with Crippen LogP contribution in [0.1, 0.15) is 12.5 Å². The summed E-state index contributed by atoms with van der Waals surface area (Å²) in [5.41, 5.74) is 6.17. The molecular weight excluding hydrogens is 237 g/mol. The van der Waals surface area contributed by atoms with Crippen molar-refractivity contribution in [2.45, 2.75) is 19.5 Å². The molecule has 0 aliphatic rings. The van der Waals surface area contributed by atoms with Crippen molar-refractivity contribution in [1.29, 1.82) is 0 Å². The fourth-order valence-corrected chi connectivity index (χ4v) is 0.872. The first-order valence-electron chi connectivity index (χ1n) is 4.12. The van der Waals surface area contributed by atoms with Gasteiger partial charge in [-0.05, 0) is 24.6 Å². The number of nitrogens with two attached hydrogens (primary N) is 1. The lowest BCUT2D eigenvalue weighted by Gasteiger charge is -2.09. The molecule has 1 aromatic rings.